The molecule has 0 heterocycles. The molecule has 0 aromatic heterocycles. The van der Waals surface area contributed by atoms with Gasteiger partial charge < -0.3 is 10.2 Å². The Kier molecular flexibility index (Phi) is 6.45. The quantitative estimate of drug-likeness (QED) is 0.688. The van der Waals surface area contributed by atoms with Crippen molar-refractivity contribution in [1.29, 1.82) is 0 Å². The summed E-state index contributed by atoms with van der Waals surface area (Å²) in [6.45, 7) is 1.70. The first-order chi connectivity index (χ1) is 12.6. The molecule has 2 aromatic carbocycles. The number of aliphatic carboxylic acids is 1. The van der Waals surface area contributed by atoms with Crippen molar-refractivity contribution in [3.05, 3.63) is 58.6 Å². The maximum atomic E-state index is 13.1. The number of halogens is 1. The molecule has 0 fully saturated rings. The highest BCUT2D eigenvalue weighted by Gasteiger charge is 2.26. The molecule has 2 rings (SSSR count). The number of aryl methyl sites for hydroxylation is 1. The fourth-order valence-electron chi connectivity index (χ4n) is 2.43. The number of aromatic carboxylic acids is 1. The highest BCUT2D eigenvalue weighted by molar-refractivity contribution is 7.92. The summed E-state index contributed by atoms with van der Waals surface area (Å²) in [5, 5.41) is 18.1. The number of benzene rings is 2. The van der Waals surface area contributed by atoms with Gasteiger partial charge in [-0.1, -0.05) is 29.3 Å². The lowest BCUT2D eigenvalue weighted by molar-refractivity contribution is -0.137. The van der Waals surface area contributed by atoms with Crippen molar-refractivity contribution >= 4 is 39.3 Å². The molecule has 2 N–H and O–H groups in total. The van der Waals surface area contributed by atoms with Gasteiger partial charge in [0.15, 0.2) is 0 Å². The number of anilines is 1. The van der Waals surface area contributed by atoms with Gasteiger partial charge in [0, 0.05) is 13.0 Å². The van der Waals surface area contributed by atoms with Crippen LogP contribution in [0, 0.1) is 6.92 Å². The van der Waals surface area contributed by atoms with Gasteiger partial charge >= 0.3 is 11.9 Å². The van der Waals surface area contributed by atoms with Crippen molar-refractivity contribution in [3.8, 4) is 0 Å². The first-order valence-corrected chi connectivity index (χ1v) is 9.79. The molecule has 144 valence electrons. The molecule has 7 nitrogen and oxygen atoms in total. The zero-order valence-corrected chi connectivity index (χ0v) is 16.0. The smallest absolute Gasteiger partial charge is 0.337 e. The Morgan fingerprint density at radius 1 is 1.07 bits per heavy atom. The number of rotatable bonds is 8. The van der Waals surface area contributed by atoms with Gasteiger partial charge in [0.1, 0.15) is 0 Å². The molecule has 0 bridgehead atoms. The van der Waals surface area contributed by atoms with Crippen LogP contribution in [0.3, 0.4) is 0 Å². The molecule has 2 aromatic rings. The van der Waals surface area contributed by atoms with Crippen LogP contribution in [0.4, 0.5) is 5.69 Å². The molecule has 0 aliphatic rings. The Bertz CT molecular complexity index is 956. The summed E-state index contributed by atoms with van der Waals surface area (Å²) in [6, 6.07) is 10.0. The highest BCUT2D eigenvalue weighted by Crippen LogP contribution is 2.28. The fourth-order valence-corrected chi connectivity index (χ4v) is 4.13. The molecule has 0 aliphatic carbocycles. The maximum Gasteiger partial charge on any atom is 0.337 e. The second kappa shape index (κ2) is 8.41. The van der Waals surface area contributed by atoms with E-state index in [4.69, 9.17) is 16.7 Å². The van der Waals surface area contributed by atoms with E-state index in [0.717, 1.165) is 15.9 Å². The minimum absolute atomic E-state index is 0.0234. The number of carbonyl (C=O) groups is 2. The summed E-state index contributed by atoms with van der Waals surface area (Å²) in [5.74, 6) is -2.34. The fraction of sp³-hybridized carbons (Fsp3) is 0.222. The molecule has 0 aliphatic heterocycles. The minimum atomic E-state index is -4.02. The summed E-state index contributed by atoms with van der Waals surface area (Å²) in [4.78, 5) is 22.1. The third-order valence-electron chi connectivity index (χ3n) is 3.83. The van der Waals surface area contributed by atoms with E-state index in [1.807, 2.05) is 6.92 Å². The molecule has 0 spiro atoms. The summed E-state index contributed by atoms with van der Waals surface area (Å²) in [7, 11) is -4.02. The SMILES string of the molecule is Cc1ccc(S(=O)(=O)N(CCCC(=O)O)c2ccc(Cl)c(C(=O)O)c2)cc1. The van der Waals surface area contributed by atoms with Crippen LogP contribution in [0.5, 0.6) is 0 Å². The van der Waals surface area contributed by atoms with Gasteiger partial charge in [-0.2, -0.15) is 0 Å². The predicted molar refractivity (Wildman–Crippen MR) is 101 cm³/mol. The third kappa shape index (κ3) is 4.99. The van der Waals surface area contributed by atoms with E-state index in [2.05, 4.69) is 0 Å². The lowest BCUT2D eigenvalue weighted by Crippen LogP contribution is -2.32. The Morgan fingerprint density at radius 3 is 2.26 bits per heavy atom. The number of hydrogen-bond acceptors (Lipinski definition) is 4. The number of sulfonamides is 1. The van der Waals surface area contributed by atoms with Gasteiger partial charge in [0.25, 0.3) is 10.0 Å². The first-order valence-electron chi connectivity index (χ1n) is 7.97. The normalized spacial score (nSPS) is 11.2. The standard InChI is InChI=1S/C18H18ClNO6S/c1-12-4-7-14(8-5-12)27(25,26)20(10-2-3-17(21)22)13-6-9-16(19)15(11-13)18(23)24/h4-9,11H,2-3,10H2,1H3,(H,21,22)(H,23,24). The van der Waals surface area contributed by atoms with Crippen LogP contribution in [0.15, 0.2) is 47.4 Å². The molecule has 0 radical (unpaired) electrons. The van der Waals surface area contributed by atoms with E-state index < -0.39 is 22.0 Å². The maximum absolute atomic E-state index is 13.1. The number of nitrogens with zero attached hydrogens (tertiary/aromatic N) is 1. The van der Waals surface area contributed by atoms with Crippen LogP contribution in [0.25, 0.3) is 0 Å². The van der Waals surface area contributed by atoms with Gasteiger partial charge in [0.2, 0.25) is 0 Å². The molecule has 27 heavy (non-hydrogen) atoms. The summed E-state index contributed by atoms with van der Waals surface area (Å²) in [5.41, 5.74) is 0.741. The second-order valence-electron chi connectivity index (χ2n) is 5.86. The lowest BCUT2D eigenvalue weighted by Gasteiger charge is -2.25. The Morgan fingerprint density at radius 2 is 1.70 bits per heavy atom. The molecule has 0 atom stereocenters. The predicted octanol–water partition coefficient (Wildman–Crippen LogP) is 3.41. The summed E-state index contributed by atoms with van der Waals surface area (Å²) in [6.07, 6.45) is -0.162. The summed E-state index contributed by atoms with van der Waals surface area (Å²) >= 11 is 5.86. The monoisotopic (exact) mass is 411 g/mol. The van der Waals surface area contributed by atoms with Crippen LogP contribution in [0.1, 0.15) is 28.8 Å². The van der Waals surface area contributed by atoms with E-state index in [-0.39, 0.29) is 40.6 Å². The summed E-state index contributed by atoms with van der Waals surface area (Å²) < 4.78 is 27.2. The van der Waals surface area contributed by atoms with Crippen molar-refractivity contribution in [1.82, 2.24) is 0 Å². The zero-order valence-electron chi connectivity index (χ0n) is 14.4. The molecule has 0 saturated carbocycles. The van der Waals surface area contributed by atoms with Crippen LogP contribution >= 0.6 is 11.6 Å². The van der Waals surface area contributed by atoms with Gasteiger partial charge in [-0.05, 0) is 43.7 Å². The van der Waals surface area contributed by atoms with Gasteiger partial charge in [0.05, 0.1) is 21.2 Å². The van der Waals surface area contributed by atoms with E-state index in [1.54, 1.807) is 12.1 Å². The van der Waals surface area contributed by atoms with E-state index in [0.29, 0.717) is 0 Å². The second-order valence-corrected chi connectivity index (χ2v) is 8.13. The number of hydrogen-bond donors (Lipinski definition) is 2. The molecule has 0 saturated heterocycles. The van der Waals surface area contributed by atoms with E-state index >= 15 is 0 Å². The topological polar surface area (TPSA) is 112 Å². The van der Waals surface area contributed by atoms with Gasteiger partial charge in [-0.25, -0.2) is 13.2 Å². The molecule has 9 heteroatoms. The van der Waals surface area contributed by atoms with Crippen LogP contribution in [0.2, 0.25) is 5.02 Å². The average Bonchev–Trinajstić information content (AvgIpc) is 2.59. The van der Waals surface area contributed by atoms with Gasteiger partial charge in [-0.3, -0.25) is 9.10 Å². The van der Waals surface area contributed by atoms with Crippen molar-refractivity contribution in [2.75, 3.05) is 10.8 Å². The molecule has 0 unspecified atom stereocenters. The van der Waals surface area contributed by atoms with Crippen LogP contribution < -0.4 is 4.31 Å². The van der Waals surface area contributed by atoms with E-state index in [9.17, 15) is 23.1 Å². The minimum Gasteiger partial charge on any atom is -0.481 e. The van der Waals surface area contributed by atoms with Crippen molar-refractivity contribution < 1.29 is 28.2 Å². The van der Waals surface area contributed by atoms with Crippen molar-refractivity contribution in [3.63, 3.8) is 0 Å². The zero-order chi connectivity index (χ0) is 20.2. The molecular formula is C18H18ClNO6S. The Hall–Kier alpha value is -2.58. The highest BCUT2D eigenvalue weighted by atomic mass is 35.5. The van der Waals surface area contributed by atoms with Crippen molar-refractivity contribution in [2.45, 2.75) is 24.7 Å². The Balaban J connectivity index is 2.51. The largest absolute Gasteiger partial charge is 0.481 e. The average molecular weight is 412 g/mol. The Labute approximate surface area is 161 Å². The van der Waals surface area contributed by atoms with Crippen LogP contribution in [-0.2, 0) is 14.8 Å². The van der Waals surface area contributed by atoms with Crippen molar-refractivity contribution in [2.24, 2.45) is 0 Å². The first kappa shape index (κ1) is 20.7. The van der Waals surface area contributed by atoms with E-state index in [1.165, 1.54) is 24.3 Å². The molecular weight excluding hydrogens is 394 g/mol. The number of carboxylic acids is 2. The van der Waals surface area contributed by atoms with Crippen LogP contribution in [-0.4, -0.2) is 37.1 Å². The lowest BCUT2D eigenvalue weighted by atomic mass is 10.2. The molecule has 0 amide bonds. The number of carboxylic acid groups (broad SMARTS) is 2. The van der Waals surface area contributed by atoms with Gasteiger partial charge in [-0.15, -0.1) is 0 Å². The third-order valence-corrected chi connectivity index (χ3v) is 6.00.